The van der Waals surface area contributed by atoms with Gasteiger partial charge in [-0.05, 0) is 32.1 Å². The van der Waals surface area contributed by atoms with Crippen molar-refractivity contribution in [3.8, 4) is 0 Å². The normalized spacial score (nSPS) is 28.9. The van der Waals surface area contributed by atoms with Crippen LogP contribution in [-0.4, -0.2) is 22.9 Å². The van der Waals surface area contributed by atoms with Crippen LogP contribution >= 0.6 is 0 Å². The highest BCUT2D eigenvalue weighted by atomic mass is 16.2. The number of carbonyl (C=O) groups excluding carboxylic acids is 1. The number of rotatable bonds is 3. The summed E-state index contributed by atoms with van der Waals surface area (Å²) < 4.78 is 0. The maximum atomic E-state index is 12.3. The second-order valence-corrected chi connectivity index (χ2v) is 4.72. The van der Waals surface area contributed by atoms with E-state index in [4.69, 9.17) is 0 Å². The Morgan fingerprint density at radius 2 is 2.13 bits per heavy atom. The van der Waals surface area contributed by atoms with Crippen molar-refractivity contribution in [3.05, 3.63) is 12.2 Å². The summed E-state index contributed by atoms with van der Waals surface area (Å²) in [7, 11) is 0. The lowest BCUT2D eigenvalue weighted by Crippen LogP contribution is -2.45. The Balaban J connectivity index is 2.10. The Morgan fingerprint density at radius 1 is 1.40 bits per heavy atom. The molecule has 0 aliphatic carbocycles. The second-order valence-electron chi connectivity index (χ2n) is 4.72. The van der Waals surface area contributed by atoms with Crippen LogP contribution in [0.4, 0.5) is 0 Å². The molecule has 2 atom stereocenters. The molecule has 0 N–H and O–H groups in total. The van der Waals surface area contributed by atoms with Crippen molar-refractivity contribution >= 4 is 5.91 Å². The van der Waals surface area contributed by atoms with Crippen LogP contribution in [0.25, 0.3) is 0 Å². The molecule has 2 heterocycles. The Morgan fingerprint density at radius 3 is 2.73 bits per heavy atom. The summed E-state index contributed by atoms with van der Waals surface area (Å²) in [6.07, 6.45) is 9.88. The maximum Gasteiger partial charge on any atom is 0.226 e. The van der Waals surface area contributed by atoms with E-state index in [0.717, 1.165) is 19.3 Å². The molecular weight excluding hydrogens is 186 g/mol. The zero-order valence-electron chi connectivity index (χ0n) is 9.78. The summed E-state index contributed by atoms with van der Waals surface area (Å²) in [5.41, 5.74) is 0. The number of carbonyl (C=O) groups is 1. The standard InChI is InChI=1S/C13H21NO/c1-3-10(4-2)13(15)14-11-6-5-7-12(14)9-8-11/h5-6,10-12H,3-4,7-9H2,1-2H3. The van der Waals surface area contributed by atoms with Crippen LogP contribution in [0.1, 0.15) is 46.0 Å². The number of hydrogen-bond acceptors (Lipinski definition) is 1. The summed E-state index contributed by atoms with van der Waals surface area (Å²) >= 11 is 0. The predicted octanol–water partition coefficient (Wildman–Crippen LogP) is 2.74. The third-order valence-corrected chi connectivity index (χ3v) is 3.90. The van der Waals surface area contributed by atoms with Crippen molar-refractivity contribution in [2.75, 3.05) is 0 Å². The molecular formula is C13H21NO. The van der Waals surface area contributed by atoms with Gasteiger partial charge >= 0.3 is 0 Å². The van der Waals surface area contributed by atoms with Gasteiger partial charge in [0.1, 0.15) is 0 Å². The van der Waals surface area contributed by atoms with Crippen LogP contribution < -0.4 is 0 Å². The van der Waals surface area contributed by atoms with Crippen LogP contribution in [0.2, 0.25) is 0 Å². The average Bonchev–Trinajstić information content (AvgIpc) is 2.50. The van der Waals surface area contributed by atoms with Crippen molar-refractivity contribution in [3.63, 3.8) is 0 Å². The molecule has 2 aliphatic heterocycles. The number of hydrogen-bond donors (Lipinski definition) is 0. The maximum absolute atomic E-state index is 12.3. The molecule has 0 spiro atoms. The summed E-state index contributed by atoms with van der Waals surface area (Å²) in [5.74, 6) is 0.649. The van der Waals surface area contributed by atoms with Crippen LogP contribution in [0.3, 0.4) is 0 Å². The first-order valence-corrected chi connectivity index (χ1v) is 6.26. The Hall–Kier alpha value is -0.790. The third kappa shape index (κ3) is 1.82. The van der Waals surface area contributed by atoms with Gasteiger partial charge in [0.25, 0.3) is 0 Å². The van der Waals surface area contributed by atoms with E-state index in [0.29, 0.717) is 18.0 Å². The monoisotopic (exact) mass is 207 g/mol. The van der Waals surface area contributed by atoms with Gasteiger partial charge in [0, 0.05) is 12.0 Å². The van der Waals surface area contributed by atoms with Gasteiger partial charge in [0.2, 0.25) is 5.91 Å². The van der Waals surface area contributed by atoms with Crippen LogP contribution in [0, 0.1) is 5.92 Å². The molecule has 2 bridgehead atoms. The highest BCUT2D eigenvalue weighted by Crippen LogP contribution is 2.33. The SMILES string of the molecule is CCC(CC)C(=O)N1C2C=CCC1CC2. The van der Waals surface area contributed by atoms with Gasteiger partial charge in [-0.25, -0.2) is 0 Å². The van der Waals surface area contributed by atoms with Gasteiger partial charge in [0.15, 0.2) is 0 Å². The van der Waals surface area contributed by atoms with Gasteiger partial charge in [-0.15, -0.1) is 0 Å². The van der Waals surface area contributed by atoms with E-state index in [-0.39, 0.29) is 5.92 Å². The topological polar surface area (TPSA) is 20.3 Å². The van der Waals surface area contributed by atoms with Crippen molar-refractivity contribution < 1.29 is 4.79 Å². The van der Waals surface area contributed by atoms with Crippen molar-refractivity contribution in [2.24, 2.45) is 5.92 Å². The first-order chi connectivity index (χ1) is 7.27. The van der Waals surface area contributed by atoms with E-state index in [1.807, 2.05) is 0 Å². The van der Waals surface area contributed by atoms with E-state index >= 15 is 0 Å². The molecule has 0 radical (unpaired) electrons. The first-order valence-electron chi connectivity index (χ1n) is 6.26. The largest absolute Gasteiger partial charge is 0.333 e. The molecule has 0 saturated carbocycles. The molecule has 1 fully saturated rings. The molecule has 2 nitrogen and oxygen atoms in total. The summed E-state index contributed by atoms with van der Waals surface area (Å²) in [6.45, 7) is 4.24. The van der Waals surface area contributed by atoms with Gasteiger partial charge < -0.3 is 4.90 Å². The van der Waals surface area contributed by atoms with Crippen molar-refractivity contribution in [1.82, 2.24) is 4.90 Å². The lowest BCUT2D eigenvalue weighted by atomic mass is 9.99. The van der Waals surface area contributed by atoms with E-state index in [1.165, 1.54) is 12.8 Å². The smallest absolute Gasteiger partial charge is 0.226 e. The lowest BCUT2D eigenvalue weighted by molar-refractivity contribution is -0.138. The number of amides is 1. The quantitative estimate of drug-likeness (QED) is 0.652. The van der Waals surface area contributed by atoms with Gasteiger partial charge in [0.05, 0.1) is 6.04 Å². The zero-order valence-corrected chi connectivity index (χ0v) is 9.78. The van der Waals surface area contributed by atoms with E-state index in [9.17, 15) is 4.79 Å². The average molecular weight is 207 g/mol. The Kier molecular flexibility index (Phi) is 3.13. The van der Waals surface area contributed by atoms with Gasteiger partial charge in [-0.3, -0.25) is 4.79 Å². The second kappa shape index (κ2) is 4.38. The molecule has 15 heavy (non-hydrogen) atoms. The minimum absolute atomic E-state index is 0.250. The fourth-order valence-electron chi connectivity index (χ4n) is 2.92. The minimum atomic E-state index is 0.250. The van der Waals surface area contributed by atoms with Crippen LogP contribution in [0.5, 0.6) is 0 Å². The van der Waals surface area contributed by atoms with Crippen LogP contribution in [0.15, 0.2) is 12.2 Å². The summed E-state index contributed by atoms with van der Waals surface area (Å²) in [5, 5.41) is 0. The zero-order chi connectivity index (χ0) is 10.8. The van der Waals surface area contributed by atoms with Crippen molar-refractivity contribution in [2.45, 2.75) is 58.0 Å². The molecule has 84 valence electrons. The van der Waals surface area contributed by atoms with Gasteiger partial charge in [-0.1, -0.05) is 26.0 Å². The van der Waals surface area contributed by atoms with E-state index in [2.05, 4.69) is 30.9 Å². The number of fused-ring (bicyclic) bond motifs is 2. The third-order valence-electron chi connectivity index (χ3n) is 3.90. The Labute approximate surface area is 92.3 Å². The molecule has 2 rings (SSSR count). The molecule has 0 aromatic carbocycles. The van der Waals surface area contributed by atoms with Crippen LogP contribution in [-0.2, 0) is 4.79 Å². The molecule has 0 aromatic heterocycles. The van der Waals surface area contributed by atoms with E-state index in [1.54, 1.807) is 0 Å². The summed E-state index contributed by atoms with van der Waals surface area (Å²) in [4.78, 5) is 14.5. The molecule has 1 amide bonds. The highest BCUT2D eigenvalue weighted by Gasteiger charge is 2.38. The predicted molar refractivity (Wildman–Crippen MR) is 61.5 cm³/mol. The Bertz CT molecular complexity index is 268. The van der Waals surface area contributed by atoms with Crippen molar-refractivity contribution in [1.29, 1.82) is 0 Å². The first kappa shape index (κ1) is 10.7. The highest BCUT2D eigenvalue weighted by molar-refractivity contribution is 5.80. The molecule has 2 unspecified atom stereocenters. The van der Waals surface area contributed by atoms with E-state index < -0.39 is 0 Å². The fraction of sp³-hybridized carbons (Fsp3) is 0.769. The van der Waals surface area contributed by atoms with Gasteiger partial charge in [-0.2, -0.15) is 0 Å². The number of nitrogens with zero attached hydrogens (tertiary/aromatic N) is 1. The lowest BCUT2D eigenvalue weighted by Gasteiger charge is -2.34. The summed E-state index contributed by atoms with van der Waals surface area (Å²) in [6, 6.07) is 0.921. The molecule has 2 heteroatoms. The molecule has 1 saturated heterocycles. The molecule has 0 aromatic rings. The molecule has 2 aliphatic rings. The minimum Gasteiger partial charge on any atom is -0.333 e. The fourth-order valence-corrected chi connectivity index (χ4v) is 2.92.